The lowest BCUT2D eigenvalue weighted by atomic mass is 9.87. The minimum Gasteiger partial charge on any atom is -0.350 e. The molecule has 3 rings (SSSR count). The van der Waals surface area contributed by atoms with E-state index in [2.05, 4.69) is 15.3 Å². The molecule has 0 aromatic carbocycles. The summed E-state index contributed by atoms with van der Waals surface area (Å²) >= 11 is 0. The molecule has 1 N–H and O–H groups in total. The molecule has 100 valence electrons. The molecule has 0 bridgehead atoms. The Morgan fingerprint density at radius 2 is 2.16 bits per heavy atom. The Morgan fingerprint density at radius 3 is 2.95 bits per heavy atom. The van der Waals surface area contributed by atoms with Gasteiger partial charge in [0.15, 0.2) is 0 Å². The Morgan fingerprint density at radius 1 is 1.32 bits per heavy atom. The molecule has 1 aliphatic heterocycles. The molecule has 1 aromatic rings. The second-order valence-electron chi connectivity index (χ2n) is 5.05. The number of fused-ring (bicyclic) bond motifs is 1. The standard InChI is InChI=1S/C13H16N4O2/c18-12-8-17(11-4-2-1-3-9(11)16-12)13(19)10-7-14-5-6-15-10/h5-7,9,11H,1-4,8H2,(H,16,18)/t9-,11+/m0/s1. The molecule has 1 saturated heterocycles. The summed E-state index contributed by atoms with van der Waals surface area (Å²) in [4.78, 5) is 33.8. The lowest BCUT2D eigenvalue weighted by Crippen LogP contribution is -2.63. The highest BCUT2D eigenvalue weighted by molar-refractivity contribution is 5.95. The molecule has 2 amide bonds. The number of hydrogen-bond donors (Lipinski definition) is 1. The third kappa shape index (κ3) is 2.30. The molecule has 2 atom stereocenters. The van der Waals surface area contributed by atoms with E-state index in [1.807, 2.05) is 0 Å². The van der Waals surface area contributed by atoms with Crippen LogP contribution in [-0.2, 0) is 4.79 Å². The fraction of sp³-hybridized carbons (Fsp3) is 0.538. The van der Waals surface area contributed by atoms with Crippen LogP contribution in [0.1, 0.15) is 36.2 Å². The zero-order valence-electron chi connectivity index (χ0n) is 10.6. The van der Waals surface area contributed by atoms with Gasteiger partial charge in [-0.15, -0.1) is 0 Å². The van der Waals surface area contributed by atoms with Gasteiger partial charge in [-0.2, -0.15) is 0 Å². The van der Waals surface area contributed by atoms with E-state index in [1.165, 1.54) is 18.6 Å². The Hall–Kier alpha value is -1.98. The van der Waals surface area contributed by atoms with Gasteiger partial charge in [-0.05, 0) is 12.8 Å². The van der Waals surface area contributed by atoms with Crippen molar-refractivity contribution >= 4 is 11.8 Å². The largest absolute Gasteiger partial charge is 0.350 e. The summed E-state index contributed by atoms with van der Waals surface area (Å²) in [5.74, 6) is -0.278. The molecule has 1 saturated carbocycles. The summed E-state index contributed by atoms with van der Waals surface area (Å²) in [6.45, 7) is 0.122. The number of carbonyl (C=O) groups is 2. The first-order valence-corrected chi connectivity index (χ1v) is 6.62. The Kier molecular flexibility index (Phi) is 3.15. The van der Waals surface area contributed by atoms with Crippen molar-refractivity contribution in [3.8, 4) is 0 Å². The monoisotopic (exact) mass is 260 g/mol. The highest BCUT2D eigenvalue weighted by Crippen LogP contribution is 2.26. The van der Waals surface area contributed by atoms with Gasteiger partial charge >= 0.3 is 0 Å². The van der Waals surface area contributed by atoms with Gasteiger partial charge in [-0.1, -0.05) is 12.8 Å². The molecule has 0 radical (unpaired) electrons. The van der Waals surface area contributed by atoms with Gasteiger partial charge in [0, 0.05) is 18.4 Å². The lowest BCUT2D eigenvalue weighted by molar-refractivity contribution is -0.127. The van der Waals surface area contributed by atoms with Gasteiger partial charge in [-0.25, -0.2) is 4.98 Å². The van der Waals surface area contributed by atoms with Crippen molar-refractivity contribution in [3.05, 3.63) is 24.3 Å². The summed E-state index contributed by atoms with van der Waals surface area (Å²) in [7, 11) is 0. The van der Waals surface area contributed by atoms with Crippen LogP contribution in [-0.4, -0.2) is 45.3 Å². The average Bonchev–Trinajstić information content (AvgIpc) is 2.46. The highest BCUT2D eigenvalue weighted by Gasteiger charge is 2.39. The van der Waals surface area contributed by atoms with Crippen molar-refractivity contribution in [3.63, 3.8) is 0 Å². The molecule has 6 heteroatoms. The summed E-state index contributed by atoms with van der Waals surface area (Å²) in [6.07, 6.45) is 8.57. The number of piperazine rings is 1. The van der Waals surface area contributed by atoms with Gasteiger partial charge in [0.05, 0.1) is 12.2 Å². The van der Waals surface area contributed by atoms with E-state index in [1.54, 1.807) is 4.90 Å². The maximum Gasteiger partial charge on any atom is 0.274 e. The maximum atomic E-state index is 12.4. The quantitative estimate of drug-likeness (QED) is 0.791. The van der Waals surface area contributed by atoms with E-state index >= 15 is 0 Å². The number of amides is 2. The third-order valence-corrected chi connectivity index (χ3v) is 3.83. The molecular weight excluding hydrogens is 244 g/mol. The van der Waals surface area contributed by atoms with E-state index < -0.39 is 0 Å². The van der Waals surface area contributed by atoms with Crippen LogP contribution in [0.25, 0.3) is 0 Å². The van der Waals surface area contributed by atoms with E-state index in [9.17, 15) is 9.59 Å². The van der Waals surface area contributed by atoms with Crippen LogP contribution in [0, 0.1) is 0 Å². The van der Waals surface area contributed by atoms with Crippen molar-refractivity contribution in [1.82, 2.24) is 20.2 Å². The molecule has 19 heavy (non-hydrogen) atoms. The van der Waals surface area contributed by atoms with Crippen LogP contribution in [0.15, 0.2) is 18.6 Å². The van der Waals surface area contributed by atoms with Crippen LogP contribution < -0.4 is 5.32 Å². The summed E-state index contributed by atoms with van der Waals surface area (Å²) < 4.78 is 0. The van der Waals surface area contributed by atoms with Crippen LogP contribution in [0.4, 0.5) is 0 Å². The predicted molar refractivity (Wildman–Crippen MR) is 67.3 cm³/mol. The van der Waals surface area contributed by atoms with E-state index in [4.69, 9.17) is 0 Å². The molecule has 0 spiro atoms. The molecule has 2 heterocycles. The van der Waals surface area contributed by atoms with Crippen molar-refractivity contribution in [1.29, 1.82) is 0 Å². The Bertz CT molecular complexity index is 491. The fourth-order valence-electron chi connectivity index (χ4n) is 2.96. The number of nitrogens with one attached hydrogen (secondary N) is 1. The van der Waals surface area contributed by atoms with E-state index in [-0.39, 0.29) is 30.4 Å². The third-order valence-electron chi connectivity index (χ3n) is 3.83. The zero-order valence-corrected chi connectivity index (χ0v) is 10.6. The molecular formula is C13H16N4O2. The zero-order chi connectivity index (χ0) is 13.2. The maximum absolute atomic E-state index is 12.4. The van der Waals surface area contributed by atoms with E-state index in [0.717, 1.165) is 25.7 Å². The van der Waals surface area contributed by atoms with Gasteiger partial charge in [0.25, 0.3) is 5.91 Å². The molecule has 6 nitrogen and oxygen atoms in total. The van der Waals surface area contributed by atoms with Crippen LogP contribution in [0.2, 0.25) is 0 Å². The van der Waals surface area contributed by atoms with Crippen molar-refractivity contribution in [2.75, 3.05) is 6.54 Å². The molecule has 0 unspecified atom stereocenters. The SMILES string of the molecule is O=C1CN(C(=O)c2cnccn2)[C@@H]2CCCC[C@@H]2N1. The number of rotatable bonds is 1. The first-order valence-electron chi connectivity index (χ1n) is 6.62. The Labute approximate surface area is 111 Å². The first-order chi connectivity index (χ1) is 9.25. The average molecular weight is 260 g/mol. The first kappa shape index (κ1) is 12.1. The van der Waals surface area contributed by atoms with Gasteiger partial charge in [-0.3, -0.25) is 14.6 Å². The number of carbonyl (C=O) groups excluding carboxylic acids is 2. The van der Waals surface area contributed by atoms with Gasteiger partial charge < -0.3 is 10.2 Å². The summed E-state index contributed by atoms with van der Waals surface area (Å²) in [6, 6.07) is 0.191. The topological polar surface area (TPSA) is 75.2 Å². The van der Waals surface area contributed by atoms with Crippen LogP contribution in [0.3, 0.4) is 0 Å². The van der Waals surface area contributed by atoms with Crippen LogP contribution in [0.5, 0.6) is 0 Å². The molecule has 2 aliphatic rings. The summed E-state index contributed by atoms with van der Waals surface area (Å²) in [5.41, 5.74) is 0.307. The molecule has 1 aromatic heterocycles. The normalized spacial score (nSPS) is 26.5. The fourth-order valence-corrected chi connectivity index (χ4v) is 2.96. The summed E-state index contributed by atoms with van der Waals surface area (Å²) in [5, 5.41) is 2.99. The van der Waals surface area contributed by atoms with Gasteiger partial charge in [0.2, 0.25) is 5.91 Å². The van der Waals surface area contributed by atoms with Crippen molar-refractivity contribution in [2.45, 2.75) is 37.8 Å². The van der Waals surface area contributed by atoms with Crippen molar-refractivity contribution < 1.29 is 9.59 Å². The molecule has 2 fully saturated rings. The Balaban J connectivity index is 1.85. The van der Waals surface area contributed by atoms with Gasteiger partial charge in [0.1, 0.15) is 12.2 Å². The second kappa shape index (κ2) is 4.95. The molecule has 1 aliphatic carbocycles. The number of hydrogen-bond acceptors (Lipinski definition) is 4. The number of nitrogens with zero attached hydrogens (tertiary/aromatic N) is 3. The number of aromatic nitrogens is 2. The lowest BCUT2D eigenvalue weighted by Gasteiger charge is -2.43. The van der Waals surface area contributed by atoms with Crippen molar-refractivity contribution in [2.24, 2.45) is 0 Å². The minimum atomic E-state index is -0.195. The predicted octanol–water partition coefficient (Wildman–Crippen LogP) is 0.360. The smallest absolute Gasteiger partial charge is 0.274 e. The van der Waals surface area contributed by atoms with E-state index in [0.29, 0.717) is 5.69 Å². The highest BCUT2D eigenvalue weighted by atomic mass is 16.2. The van der Waals surface area contributed by atoms with Crippen LogP contribution >= 0.6 is 0 Å². The second-order valence-corrected chi connectivity index (χ2v) is 5.05. The minimum absolute atomic E-state index is 0.0830.